The van der Waals surface area contributed by atoms with Crippen LogP contribution in [0.4, 0.5) is 0 Å². The highest BCUT2D eigenvalue weighted by Crippen LogP contribution is 2.36. The second-order valence-corrected chi connectivity index (χ2v) is 7.30. The van der Waals surface area contributed by atoms with Crippen molar-refractivity contribution in [2.75, 3.05) is 0 Å². The highest BCUT2D eigenvalue weighted by molar-refractivity contribution is 7.13. The van der Waals surface area contributed by atoms with Gasteiger partial charge in [-0.15, -0.1) is 11.3 Å². The molecule has 1 aromatic carbocycles. The Morgan fingerprint density at radius 3 is 2.31 bits per heavy atom. The van der Waals surface area contributed by atoms with Gasteiger partial charge in [-0.2, -0.15) is 0 Å². The third-order valence-electron chi connectivity index (χ3n) is 4.39. The Balaban J connectivity index is 1.79. The van der Waals surface area contributed by atoms with Crippen LogP contribution in [-0.2, 0) is 0 Å². The molecule has 0 spiro atoms. The topological polar surface area (TPSA) is 38.7 Å². The molecule has 0 aliphatic rings. The molecule has 26 heavy (non-hydrogen) atoms. The van der Waals surface area contributed by atoms with Crippen LogP contribution in [0.1, 0.15) is 25.3 Å². The number of hydrogen-bond acceptors (Lipinski definition) is 4. The standard InChI is InChI=1S/C22H19N3S/c1-15(2)17-8-10-23-12-19(17)21-14-26-22(25-21)20-13-24-11-9-18(20)16-6-4-3-5-7-16/h3-15H,1-2H3. The largest absolute Gasteiger partial charge is 0.264 e. The minimum absolute atomic E-state index is 0.427. The third kappa shape index (κ3) is 3.16. The lowest BCUT2D eigenvalue weighted by Gasteiger charge is -2.10. The summed E-state index contributed by atoms with van der Waals surface area (Å²) >= 11 is 1.65. The van der Waals surface area contributed by atoms with E-state index in [1.54, 1.807) is 11.3 Å². The van der Waals surface area contributed by atoms with E-state index < -0.39 is 0 Å². The van der Waals surface area contributed by atoms with Gasteiger partial charge in [-0.05, 0) is 34.7 Å². The van der Waals surface area contributed by atoms with Crippen LogP contribution in [-0.4, -0.2) is 15.0 Å². The molecule has 0 saturated heterocycles. The molecule has 0 saturated carbocycles. The van der Waals surface area contributed by atoms with Gasteiger partial charge in [0.05, 0.1) is 5.69 Å². The van der Waals surface area contributed by atoms with Crippen molar-refractivity contribution in [3.63, 3.8) is 0 Å². The van der Waals surface area contributed by atoms with Crippen LogP contribution in [0.2, 0.25) is 0 Å². The van der Waals surface area contributed by atoms with Gasteiger partial charge in [-0.25, -0.2) is 4.98 Å². The summed E-state index contributed by atoms with van der Waals surface area (Å²) < 4.78 is 0. The van der Waals surface area contributed by atoms with Crippen LogP contribution >= 0.6 is 11.3 Å². The average Bonchev–Trinajstić information content (AvgIpc) is 3.18. The minimum atomic E-state index is 0.427. The van der Waals surface area contributed by atoms with Gasteiger partial charge in [0.15, 0.2) is 0 Å². The fourth-order valence-corrected chi connectivity index (χ4v) is 3.92. The Bertz CT molecular complexity index is 1020. The predicted octanol–water partition coefficient (Wildman–Crippen LogP) is 6.06. The van der Waals surface area contributed by atoms with Crippen molar-refractivity contribution in [2.24, 2.45) is 0 Å². The Labute approximate surface area is 157 Å². The molecule has 128 valence electrons. The molecule has 0 aliphatic carbocycles. The molecule has 4 aromatic rings. The van der Waals surface area contributed by atoms with Gasteiger partial charge in [0, 0.05) is 41.3 Å². The minimum Gasteiger partial charge on any atom is -0.264 e. The van der Waals surface area contributed by atoms with Crippen molar-refractivity contribution in [2.45, 2.75) is 19.8 Å². The van der Waals surface area contributed by atoms with Crippen molar-refractivity contribution >= 4 is 11.3 Å². The quantitative estimate of drug-likeness (QED) is 0.446. The lowest BCUT2D eigenvalue weighted by atomic mass is 9.98. The van der Waals surface area contributed by atoms with Gasteiger partial charge in [-0.3, -0.25) is 9.97 Å². The molecule has 0 bridgehead atoms. The molecule has 0 amide bonds. The highest BCUT2D eigenvalue weighted by Gasteiger charge is 2.15. The zero-order chi connectivity index (χ0) is 17.9. The van der Waals surface area contributed by atoms with Gasteiger partial charge < -0.3 is 0 Å². The van der Waals surface area contributed by atoms with E-state index in [2.05, 4.69) is 65.6 Å². The van der Waals surface area contributed by atoms with Crippen LogP contribution < -0.4 is 0 Å². The number of aromatic nitrogens is 3. The molecule has 0 atom stereocenters. The molecular weight excluding hydrogens is 338 g/mol. The van der Waals surface area contributed by atoms with Crippen LogP contribution in [0, 0.1) is 0 Å². The number of rotatable bonds is 4. The van der Waals surface area contributed by atoms with Gasteiger partial charge in [0.1, 0.15) is 5.01 Å². The SMILES string of the molecule is CC(C)c1ccncc1-c1csc(-c2cnccc2-c2ccccc2)n1. The van der Waals surface area contributed by atoms with Crippen molar-refractivity contribution in [3.05, 3.63) is 78.2 Å². The Kier molecular flexibility index (Phi) is 4.59. The first-order valence-electron chi connectivity index (χ1n) is 8.63. The van der Waals surface area contributed by atoms with Crippen molar-refractivity contribution in [1.29, 1.82) is 0 Å². The molecule has 3 heterocycles. The first kappa shape index (κ1) is 16.6. The molecule has 4 rings (SSSR count). The zero-order valence-corrected chi connectivity index (χ0v) is 15.6. The number of benzene rings is 1. The van der Waals surface area contributed by atoms with Crippen LogP contribution in [0.5, 0.6) is 0 Å². The maximum absolute atomic E-state index is 4.92. The molecule has 0 N–H and O–H groups in total. The molecule has 4 heteroatoms. The van der Waals surface area contributed by atoms with E-state index >= 15 is 0 Å². The smallest absolute Gasteiger partial charge is 0.126 e. The van der Waals surface area contributed by atoms with E-state index in [4.69, 9.17) is 4.98 Å². The molecule has 0 aliphatic heterocycles. The number of pyridine rings is 2. The fraction of sp³-hybridized carbons (Fsp3) is 0.136. The van der Waals surface area contributed by atoms with Crippen LogP contribution in [0.25, 0.3) is 33.0 Å². The zero-order valence-electron chi connectivity index (χ0n) is 14.8. The first-order chi connectivity index (χ1) is 12.7. The Hall–Kier alpha value is -2.85. The molecule has 0 radical (unpaired) electrons. The van der Waals surface area contributed by atoms with Gasteiger partial charge in [0.2, 0.25) is 0 Å². The van der Waals surface area contributed by atoms with Crippen molar-refractivity contribution in [1.82, 2.24) is 15.0 Å². The van der Waals surface area contributed by atoms with Crippen LogP contribution in [0.15, 0.2) is 72.6 Å². The summed E-state index contributed by atoms with van der Waals surface area (Å²) in [5, 5.41) is 3.09. The fourth-order valence-electron chi connectivity index (χ4n) is 3.08. The van der Waals surface area contributed by atoms with Crippen molar-refractivity contribution < 1.29 is 0 Å². The molecule has 3 aromatic heterocycles. The second kappa shape index (κ2) is 7.18. The number of hydrogen-bond donors (Lipinski definition) is 0. The van der Waals surface area contributed by atoms with E-state index in [0.29, 0.717) is 5.92 Å². The lowest BCUT2D eigenvalue weighted by Crippen LogP contribution is -1.93. The molecular formula is C22H19N3S. The average molecular weight is 357 g/mol. The van der Waals surface area contributed by atoms with Crippen molar-refractivity contribution in [3.8, 4) is 33.0 Å². The highest BCUT2D eigenvalue weighted by atomic mass is 32.1. The molecule has 0 unspecified atom stereocenters. The predicted molar refractivity (Wildman–Crippen MR) is 108 cm³/mol. The summed E-state index contributed by atoms with van der Waals surface area (Å²) in [5.41, 5.74) is 6.73. The van der Waals surface area contributed by atoms with E-state index in [1.165, 1.54) is 11.1 Å². The van der Waals surface area contributed by atoms with Gasteiger partial charge >= 0.3 is 0 Å². The van der Waals surface area contributed by atoms with E-state index in [0.717, 1.165) is 27.4 Å². The summed E-state index contributed by atoms with van der Waals surface area (Å²) in [6.07, 6.45) is 7.49. The second-order valence-electron chi connectivity index (χ2n) is 6.44. The van der Waals surface area contributed by atoms with E-state index in [1.807, 2.05) is 30.9 Å². The normalized spacial score (nSPS) is 11.0. The lowest BCUT2D eigenvalue weighted by molar-refractivity contribution is 0.864. The number of thiazole rings is 1. The Morgan fingerprint density at radius 2 is 1.54 bits per heavy atom. The number of nitrogens with zero attached hydrogens (tertiary/aromatic N) is 3. The van der Waals surface area contributed by atoms with Gasteiger partial charge in [-0.1, -0.05) is 44.2 Å². The molecule has 3 nitrogen and oxygen atoms in total. The molecule has 0 fully saturated rings. The maximum Gasteiger partial charge on any atom is 0.126 e. The monoisotopic (exact) mass is 357 g/mol. The Morgan fingerprint density at radius 1 is 0.808 bits per heavy atom. The summed E-state index contributed by atoms with van der Waals surface area (Å²) in [5.74, 6) is 0.427. The van der Waals surface area contributed by atoms with Gasteiger partial charge in [0.25, 0.3) is 0 Å². The summed E-state index contributed by atoms with van der Waals surface area (Å²) in [4.78, 5) is 13.6. The summed E-state index contributed by atoms with van der Waals surface area (Å²) in [6.45, 7) is 4.39. The third-order valence-corrected chi connectivity index (χ3v) is 5.27. The van der Waals surface area contributed by atoms with E-state index in [-0.39, 0.29) is 0 Å². The van der Waals surface area contributed by atoms with E-state index in [9.17, 15) is 0 Å². The first-order valence-corrected chi connectivity index (χ1v) is 9.51. The summed E-state index contributed by atoms with van der Waals surface area (Å²) in [6, 6.07) is 14.5. The summed E-state index contributed by atoms with van der Waals surface area (Å²) in [7, 11) is 0. The van der Waals surface area contributed by atoms with Crippen LogP contribution in [0.3, 0.4) is 0 Å². The maximum atomic E-state index is 4.92.